The van der Waals surface area contributed by atoms with Crippen molar-refractivity contribution in [1.29, 1.82) is 0 Å². The number of nitrogen functional groups attached to an aromatic ring is 1. The van der Waals surface area contributed by atoms with Gasteiger partial charge in [-0.05, 0) is 49.2 Å². The van der Waals surface area contributed by atoms with Crippen LogP contribution in [0, 0.1) is 13.8 Å². The van der Waals surface area contributed by atoms with Crippen LogP contribution in [0.5, 0.6) is 0 Å². The van der Waals surface area contributed by atoms with Gasteiger partial charge in [0.15, 0.2) is 0 Å². The first kappa shape index (κ1) is 14.5. The van der Waals surface area contributed by atoms with Gasteiger partial charge in [0.25, 0.3) is 5.91 Å². The molecule has 0 spiro atoms. The number of aryl methyl sites for hydroxylation is 2. The zero-order chi connectivity index (χ0) is 14.7. The predicted molar refractivity (Wildman–Crippen MR) is 83.6 cm³/mol. The van der Waals surface area contributed by atoms with Gasteiger partial charge in [-0.2, -0.15) is 0 Å². The molecule has 0 aliphatic carbocycles. The summed E-state index contributed by atoms with van der Waals surface area (Å²) in [4.78, 5) is 16.1. The van der Waals surface area contributed by atoms with Crippen molar-refractivity contribution in [2.45, 2.75) is 13.8 Å². The van der Waals surface area contributed by atoms with Gasteiger partial charge in [-0.1, -0.05) is 15.9 Å². The van der Waals surface area contributed by atoms with Gasteiger partial charge in [0.1, 0.15) is 5.82 Å². The normalized spacial score (nSPS) is 10.2. The third-order valence-corrected chi connectivity index (χ3v) is 4.12. The maximum absolute atomic E-state index is 12.1. The van der Waals surface area contributed by atoms with Crippen LogP contribution in [0.15, 0.2) is 34.9 Å². The first-order valence-electron chi connectivity index (χ1n) is 6.02. The highest BCUT2D eigenvalue weighted by Gasteiger charge is 2.08. The predicted octanol–water partition coefficient (Wildman–Crippen LogP) is 3.00. The number of pyridine rings is 1. The first-order valence-corrected chi connectivity index (χ1v) is 6.81. The number of carbonyl (C=O) groups excluding carboxylic acids is 1. The van der Waals surface area contributed by atoms with Crippen LogP contribution in [0.2, 0.25) is 0 Å². The molecule has 5 nitrogen and oxygen atoms in total. The van der Waals surface area contributed by atoms with E-state index < -0.39 is 0 Å². The lowest BCUT2D eigenvalue weighted by Crippen LogP contribution is -2.14. The number of hydrazine groups is 1. The van der Waals surface area contributed by atoms with Gasteiger partial charge in [0.05, 0.1) is 5.56 Å². The van der Waals surface area contributed by atoms with Crippen molar-refractivity contribution in [2.24, 2.45) is 5.84 Å². The molecular weight excluding hydrogens is 320 g/mol. The minimum absolute atomic E-state index is 0.206. The molecule has 20 heavy (non-hydrogen) atoms. The SMILES string of the molecule is Cc1cc(NC(=O)c2ccc(NN)nc2)cc(C)c1Br. The topological polar surface area (TPSA) is 80.0 Å². The summed E-state index contributed by atoms with van der Waals surface area (Å²) < 4.78 is 1.05. The Labute approximate surface area is 125 Å². The van der Waals surface area contributed by atoms with E-state index >= 15 is 0 Å². The smallest absolute Gasteiger partial charge is 0.257 e. The highest BCUT2D eigenvalue weighted by Crippen LogP contribution is 2.25. The molecule has 0 aliphatic heterocycles. The van der Waals surface area contributed by atoms with Gasteiger partial charge >= 0.3 is 0 Å². The molecule has 1 amide bonds. The fourth-order valence-corrected chi connectivity index (χ4v) is 2.06. The Morgan fingerprint density at radius 3 is 2.40 bits per heavy atom. The van der Waals surface area contributed by atoms with Crippen molar-refractivity contribution >= 4 is 33.3 Å². The third-order valence-electron chi connectivity index (χ3n) is 2.87. The molecule has 2 rings (SSSR count). The summed E-state index contributed by atoms with van der Waals surface area (Å²) in [5, 5.41) is 2.85. The van der Waals surface area contributed by atoms with Crippen LogP contribution >= 0.6 is 15.9 Å². The summed E-state index contributed by atoms with van der Waals surface area (Å²) in [7, 11) is 0. The summed E-state index contributed by atoms with van der Waals surface area (Å²) in [6, 6.07) is 7.14. The molecule has 1 aromatic carbocycles. The number of nitrogens with two attached hydrogens (primary N) is 1. The number of nitrogens with one attached hydrogen (secondary N) is 2. The van der Waals surface area contributed by atoms with Crippen molar-refractivity contribution in [2.75, 3.05) is 10.7 Å². The minimum Gasteiger partial charge on any atom is -0.322 e. The quantitative estimate of drug-likeness (QED) is 0.595. The minimum atomic E-state index is -0.206. The van der Waals surface area contributed by atoms with Crippen LogP contribution in [0.1, 0.15) is 21.5 Å². The average molecular weight is 335 g/mol. The van der Waals surface area contributed by atoms with Crippen LogP contribution in [0.25, 0.3) is 0 Å². The highest BCUT2D eigenvalue weighted by molar-refractivity contribution is 9.10. The first-order chi connectivity index (χ1) is 9.51. The molecule has 2 aromatic rings. The van der Waals surface area contributed by atoms with E-state index in [2.05, 4.69) is 31.7 Å². The second kappa shape index (κ2) is 6.02. The Kier molecular flexibility index (Phi) is 4.36. The Morgan fingerprint density at radius 1 is 1.25 bits per heavy atom. The molecule has 0 fully saturated rings. The number of amides is 1. The lowest BCUT2D eigenvalue weighted by molar-refractivity contribution is 0.102. The zero-order valence-electron chi connectivity index (χ0n) is 11.2. The molecule has 0 radical (unpaired) electrons. The van der Waals surface area contributed by atoms with Gasteiger partial charge in [-0.3, -0.25) is 4.79 Å². The lowest BCUT2D eigenvalue weighted by Gasteiger charge is -2.10. The standard InChI is InChI=1S/C14H15BrN4O/c1-8-5-11(6-9(2)13(8)15)18-14(20)10-3-4-12(19-16)17-7-10/h3-7H,16H2,1-2H3,(H,17,19)(H,18,20). The number of aromatic nitrogens is 1. The number of anilines is 2. The third kappa shape index (κ3) is 3.15. The van der Waals surface area contributed by atoms with Crippen LogP contribution in [-0.2, 0) is 0 Å². The average Bonchev–Trinajstić information content (AvgIpc) is 2.44. The van der Waals surface area contributed by atoms with E-state index in [-0.39, 0.29) is 5.91 Å². The van der Waals surface area contributed by atoms with E-state index in [1.807, 2.05) is 26.0 Å². The van der Waals surface area contributed by atoms with Crippen molar-refractivity contribution < 1.29 is 4.79 Å². The van der Waals surface area contributed by atoms with Crippen LogP contribution in [-0.4, -0.2) is 10.9 Å². The fraction of sp³-hybridized carbons (Fsp3) is 0.143. The van der Waals surface area contributed by atoms with Crippen molar-refractivity contribution in [3.63, 3.8) is 0 Å². The van der Waals surface area contributed by atoms with Crippen LogP contribution in [0.3, 0.4) is 0 Å². The lowest BCUT2D eigenvalue weighted by atomic mass is 10.1. The number of hydrogen-bond acceptors (Lipinski definition) is 4. The molecule has 0 unspecified atom stereocenters. The Balaban J connectivity index is 2.18. The Morgan fingerprint density at radius 2 is 1.90 bits per heavy atom. The monoisotopic (exact) mass is 334 g/mol. The molecule has 0 saturated carbocycles. The molecule has 6 heteroatoms. The number of nitrogens with zero attached hydrogens (tertiary/aromatic N) is 1. The molecule has 1 aromatic heterocycles. The van der Waals surface area contributed by atoms with Gasteiger partial charge in [-0.25, -0.2) is 10.8 Å². The summed E-state index contributed by atoms with van der Waals surface area (Å²) in [6.07, 6.45) is 1.48. The number of rotatable bonds is 3. The van der Waals surface area contributed by atoms with E-state index in [1.54, 1.807) is 12.1 Å². The van der Waals surface area contributed by atoms with Gasteiger partial charge in [-0.15, -0.1) is 0 Å². The van der Waals surface area contributed by atoms with E-state index in [0.29, 0.717) is 11.4 Å². The second-order valence-electron chi connectivity index (χ2n) is 4.45. The Hall–Kier alpha value is -1.92. The maximum atomic E-state index is 12.1. The van der Waals surface area contributed by atoms with Crippen molar-refractivity contribution in [1.82, 2.24) is 4.98 Å². The van der Waals surface area contributed by atoms with E-state index in [4.69, 9.17) is 5.84 Å². The molecule has 0 saturated heterocycles. The van der Waals surface area contributed by atoms with Crippen molar-refractivity contribution in [3.8, 4) is 0 Å². The number of carbonyl (C=O) groups is 1. The van der Waals surface area contributed by atoms with Crippen LogP contribution < -0.4 is 16.6 Å². The summed E-state index contributed by atoms with van der Waals surface area (Å²) >= 11 is 3.50. The zero-order valence-corrected chi connectivity index (χ0v) is 12.8. The summed E-state index contributed by atoms with van der Waals surface area (Å²) in [5.41, 5.74) is 5.79. The van der Waals surface area contributed by atoms with Gasteiger partial charge < -0.3 is 10.7 Å². The molecule has 0 atom stereocenters. The molecular formula is C14H15BrN4O. The van der Waals surface area contributed by atoms with Crippen molar-refractivity contribution in [3.05, 3.63) is 51.6 Å². The van der Waals surface area contributed by atoms with E-state index in [1.165, 1.54) is 6.20 Å². The largest absolute Gasteiger partial charge is 0.322 e. The summed E-state index contributed by atoms with van der Waals surface area (Å²) in [5.74, 6) is 5.53. The van der Waals surface area contributed by atoms with Crippen LogP contribution in [0.4, 0.5) is 11.5 Å². The second-order valence-corrected chi connectivity index (χ2v) is 5.25. The molecule has 104 valence electrons. The molecule has 1 heterocycles. The maximum Gasteiger partial charge on any atom is 0.257 e. The van der Waals surface area contributed by atoms with E-state index in [9.17, 15) is 4.79 Å². The number of halogens is 1. The Bertz CT molecular complexity index is 617. The number of benzene rings is 1. The van der Waals surface area contributed by atoms with Gasteiger partial charge in [0.2, 0.25) is 0 Å². The van der Waals surface area contributed by atoms with E-state index in [0.717, 1.165) is 21.3 Å². The highest BCUT2D eigenvalue weighted by atomic mass is 79.9. The fourth-order valence-electron chi connectivity index (χ4n) is 1.83. The molecule has 4 N–H and O–H groups in total. The van der Waals surface area contributed by atoms with Gasteiger partial charge in [0, 0.05) is 16.4 Å². The molecule has 0 bridgehead atoms. The summed E-state index contributed by atoms with van der Waals surface area (Å²) in [6.45, 7) is 3.96. The molecule has 0 aliphatic rings. The number of hydrogen-bond donors (Lipinski definition) is 3.